The minimum absolute atomic E-state index is 0.0893. The second kappa shape index (κ2) is 5.10. The van der Waals surface area contributed by atoms with Gasteiger partial charge in [0.1, 0.15) is 28.2 Å². The Morgan fingerprint density at radius 3 is 2.95 bits per heavy atom. The van der Waals surface area contributed by atoms with Gasteiger partial charge in [0.15, 0.2) is 0 Å². The number of carboxylic acids is 1. The Balaban J connectivity index is 2.10. The van der Waals surface area contributed by atoms with Crippen LogP contribution in [0.4, 0.5) is 4.39 Å². The Hall–Kier alpha value is -2.54. The third-order valence-electron chi connectivity index (χ3n) is 2.88. The zero-order valence-electron chi connectivity index (χ0n) is 10.8. The van der Waals surface area contributed by atoms with Crippen molar-refractivity contribution in [2.24, 2.45) is 0 Å². The molecular formula is C14H9FN2O3S. The number of rotatable bonds is 3. The van der Waals surface area contributed by atoms with Gasteiger partial charge in [0.2, 0.25) is 5.88 Å². The molecule has 0 bridgehead atoms. The molecule has 0 unspecified atom stereocenters. The number of hydrogen-bond acceptors (Lipinski definition) is 5. The number of hydrogen-bond donors (Lipinski definition) is 1. The summed E-state index contributed by atoms with van der Waals surface area (Å²) in [6, 6.07) is 3.25. The van der Waals surface area contributed by atoms with E-state index in [-0.39, 0.29) is 17.2 Å². The standard InChI is InChI=1S/C14H9FN2O3S/c1-7-5-21-12-11(7)16-6-17-13(12)20-10-4-8(15)2-3-9(10)14(18)19/h2-6H,1H3,(H,18,19). The van der Waals surface area contributed by atoms with Gasteiger partial charge in [0.05, 0.1) is 5.52 Å². The summed E-state index contributed by atoms with van der Waals surface area (Å²) in [6.07, 6.45) is 1.33. The second-order valence-electron chi connectivity index (χ2n) is 4.32. The number of aromatic nitrogens is 2. The van der Waals surface area contributed by atoms with E-state index in [0.29, 0.717) is 4.70 Å². The van der Waals surface area contributed by atoms with Crippen LogP contribution in [0.5, 0.6) is 11.6 Å². The van der Waals surface area contributed by atoms with Crippen molar-refractivity contribution in [1.29, 1.82) is 0 Å². The van der Waals surface area contributed by atoms with Crippen molar-refractivity contribution in [1.82, 2.24) is 9.97 Å². The van der Waals surface area contributed by atoms with Crippen LogP contribution in [0.3, 0.4) is 0 Å². The molecule has 0 saturated carbocycles. The van der Waals surface area contributed by atoms with Gasteiger partial charge < -0.3 is 9.84 Å². The van der Waals surface area contributed by atoms with Crippen molar-refractivity contribution in [2.45, 2.75) is 6.92 Å². The Labute approximate surface area is 122 Å². The lowest BCUT2D eigenvalue weighted by Crippen LogP contribution is -2.01. The number of carboxylic acid groups (broad SMARTS) is 1. The summed E-state index contributed by atoms with van der Waals surface area (Å²) in [5, 5.41) is 11.0. The number of benzene rings is 1. The van der Waals surface area contributed by atoms with Crippen molar-refractivity contribution in [3.8, 4) is 11.6 Å². The smallest absolute Gasteiger partial charge is 0.339 e. The molecule has 2 heterocycles. The first-order chi connectivity index (χ1) is 10.1. The highest BCUT2D eigenvalue weighted by Gasteiger charge is 2.16. The van der Waals surface area contributed by atoms with Gasteiger partial charge in [0.25, 0.3) is 0 Å². The fourth-order valence-corrected chi connectivity index (χ4v) is 2.81. The zero-order valence-corrected chi connectivity index (χ0v) is 11.6. The van der Waals surface area contributed by atoms with Crippen LogP contribution in [-0.4, -0.2) is 21.0 Å². The van der Waals surface area contributed by atoms with E-state index in [2.05, 4.69) is 9.97 Å². The highest BCUT2D eigenvalue weighted by Crippen LogP contribution is 2.34. The number of ether oxygens (including phenoxy) is 1. The van der Waals surface area contributed by atoms with Crippen molar-refractivity contribution < 1.29 is 19.0 Å². The number of thiophene rings is 1. The van der Waals surface area contributed by atoms with Crippen LogP contribution in [0.1, 0.15) is 15.9 Å². The number of aryl methyl sites for hydroxylation is 1. The minimum atomic E-state index is -1.20. The molecule has 1 aromatic carbocycles. The molecule has 3 aromatic rings. The molecule has 3 rings (SSSR count). The number of fused-ring (bicyclic) bond motifs is 1. The molecule has 0 fully saturated rings. The summed E-state index contributed by atoms with van der Waals surface area (Å²) in [5.41, 5.74) is 1.58. The van der Waals surface area contributed by atoms with Crippen LogP contribution in [0.25, 0.3) is 10.2 Å². The van der Waals surface area contributed by atoms with E-state index in [1.165, 1.54) is 17.7 Å². The molecule has 21 heavy (non-hydrogen) atoms. The van der Waals surface area contributed by atoms with Gasteiger partial charge in [-0.2, -0.15) is 0 Å². The first-order valence-corrected chi connectivity index (χ1v) is 6.83. The first-order valence-electron chi connectivity index (χ1n) is 5.96. The van der Waals surface area contributed by atoms with Crippen LogP contribution >= 0.6 is 11.3 Å². The van der Waals surface area contributed by atoms with Crippen LogP contribution < -0.4 is 4.74 Å². The zero-order chi connectivity index (χ0) is 15.0. The highest BCUT2D eigenvalue weighted by atomic mass is 32.1. The summed E-state index contributed by atoms with van der Waals surface area (Å²) in [5.74, 6) is -1.65. The van der Waals surface area contributed by atoms with Gasteiger partial charge >= 0.3 is 5.97 Å². The summed E-state index contributed by atoms with van der Waals surface area (Å²) >= 11 is 1.39. The molecule has 0 spiro atoms. The van der Waals surface area contributed by atoms with E-state index < -0.39 is 11.8 Å². The maximum Gasteiger partial charge on any atom is 0.339 e. The van der Waals surface area contributed by atoms with Gasteiger partial charge in [0, 0.05) is 6.07 Å². The van der Waals surface area contributed by atoms with Gasteiger partial charge in [-0.3, -0.25) is 0 Å². The molecule has 7 heteroatoms. The maximum absolute atomic E-state index is 13.3. The molecule has 0 amide bonds. The summed E-state index contributed by atoms with van der Waals surface area (Å²) in [4.78, 5) is 19.3. The molecule has 0 saturated heterocycles. The van der Waals surface area contributed by atoms with Gasteiger partial charge in [-0.25, -0.2) is 19.2 Å². The molecule has 0 aliphatic heterocycles. The van der Waals surface area contributed by atoms with Crippen molar-refractivity contribution in [3.63, 3.8) is 0 Å². The topological polar surface area (TPSA) is 72.3 Å². The van der Waals surface area contributed by atoms with Gasteiger partial charge in [-0.15, -0.1) is 11.3 Å². The number of carbonyl (C=O) groups is 1. The Morgan fingerprint density at radius 1 is 1.38 bits per heavy atom. The fraction of sp³-hybridized carbons (Fsp3) is 0.0714. The fourth-order valence-electron chi connectivity index (χ4n) is 1.88. The average molecular weight is 304 g/mol. The second-order valence-corrected chi connectivity index (χ2v) is 5.20. The van der Waals surface area contributed by atoms with E-state index in [0.717, 1.165) is 29.3 Å². The molecule has 2 aromatic heterocycles. The van der Waals surface area contributed by atoms with Crippen LogP contribution in [0.2, 0.25) is 0 Å². The number of halogens is 1. The van der Waals surface area contributed by atoms with Crippen LogP contribution in [0, 0.1) is 12.7 Å². The molecular weight excluding hydrogens is 295 g/mol. The Kier molecular flexibility index (Phi) is 3.26. The monoisotopic (exact) mass is 304 g/mol. The minimum Gasteiger partial charge on any atom is -0.478 e. The maximum atomic E-state index is 13.3. The lowest BCUT2D eigenvalue weighted by molar-refractivity contribution is 0.0694. The van der Waals surface area contributed by atoms with Crippen molar-refractivity contribution in [3.05, 3.63) is 46.9 Å². The third kappa shape index (κ3) is 2.43. The van der Waals surface area contributed by atoms with E-state index in [4.69, 9.17) is 9.84 Å². The first kappa shape index (κ1) is 13.4. The number of nitrogens with zero attached hydrogens (tertiary/aromatic N) is 2. The van der Waals surface area contributed by atoms with E-state index in [9.17, 15) is 9.18 Å². The molecule has 0 atom stereocenters. The van der Waals surface area contributed by atoms with Gasteiger partial charge in [-0.05, 0) is 30.0 Å². The number of aromatic carboxylic acids is 1. The Morgan fingerprint density at radius 2 is 2.19 bits per heavy atom. The highest BCUT2D eigenvalue weighted by molar-refractivity contribution is 7.17. The quantitative estimate of drug-likeness (QED) is 0.800. The molecule has 106 valence electrons. The molecule has 1 N–H and O–H groups in total. The normalized spacial score (nSPS) is 10.8. The third-order valence-corrected chi connectivity index (χ3v) is 3.95. The Bertz CT molecular complexity index is 847. The summed E-state index contributed by atoms with van der Waals surface area (Å²) in [6.45, 7) is 1.90. The average Bonchev–Trinajstić information content (AvgIpc) is 2.82. The summed E-state index contributed by atoms with van der Waals surface area (Å²) < 4.78 is 19.5. The summed E-state index contributed by atoms with van der Waals surface area (Å²) in [7, 11) is 0. The molecule has 5 nitrogen and oxygen atoms in total. The molecule has 0 radical (unpaired) electrons. The predicted molar refractivity (Wildman–Crippen MR) is 75.6 cm³/mol. The van der Waals surface area contributed by atoms with Crippen LogP contribution in [-0.2, 0) is 0 Å². The lowest BCUT2D eigenvalue weighted by Gasteiger charge is -2.08. The van der Waals surface area contributed by atoms with Crippen molar-refractivity contribution >= 4 is 27.5 Å². The van der Waals surface area contributed by atoms with E-state index >= 15 is 0 Å². The molecule has 0 aliphatic rings. The van der Waals surface area contributed by atoms with E-state index in [1.807, 2.05) is 12.3 Å². The van der Waals surface area contributed by atoms with E-state index in [1.54, 1.807) is 0 Å². The van der Waals surface area contributed by atoms with Crippen LogP contribution in [0.15, 0.2) is 29.9 Å². The van der Waals surface area contributed by atoms with Gasteiger partial charge in [-0.1, -0.05) is 0 Å². The largest absolute Gasteiger partial charge is 0.478 e. The molecule has 0 aliphatic carbocycles. The lowest BCUT2D eigenvalue weighted by atomic mass is 10.2. The predicted octanol–water partition coefficient (Wildman–Crippen LogP) is 3.63. The van der Waals surface area contributed by atoms with Crippen molar-refractivity contribution in [2.75, 3.05) is 0 Å². The SMILES string of the molecule is Cc1csc2c(Oc3cc(F)ccc3C(=O)O)ncnc12.